The zero-order chi connectivity index (χ0) is 11.8. The van der Waals surface area contributed by atoms with Gasteiger partial charge in [-0.15, -0.1) is 11.8 Å². The minimum Gasteiger partial charge on any atom is -0.463 e. The molecule has 0 aromatic heterocycles. The number of ether oxygens (including phenoxy) is 1. The summed E-state index contributed by atoms with van der Waals surface area (Å²) in [6, 6.07) is 8.08. The zero-order valence-electron chi connectivity index (χ0n) is 9.60. The van der Waals surface area contributed by atoms with Crippen LogP contribution in [0.25, 0.3) is 6.08 Å². The molecule has 16 heavy (non-hydrogen) atoms. The van der Waals surface area contributed by atoms with E-state index < -0.39 is 0 Å². The van der Waals surface area contributed by atoms with Crippen LogP contribution in [-0.4, -0.2) is 18.3 Å². The summed E-state index contributed by atoms with van der Waals surface area (Å²) in [6.07, 6.45) is 3.23. The van der Waals surface area contributed by atoms with Crippen molar-refractivity contribution in [3.05, 3.63) is 35.9 Å². The van der Waals surface area contributed by atoms with Gasteiger partial charge < -0.3 is 4.74 Å². The molecule has 0 atom stereocenters. The molecule has 2 nitrogen and oxygen atoms in total. The Morgan fingerprint density at radius 2 is 2.25 bits per heavy atom. The number of thioether (sulfide) groups is 1. The van der Waals surface area contributed by atoms with Gasteiger partial charge >= 0.3 is 5.97 Å². The highest BCUT2D eigenvalue weighted by atomic mass is 32.2. The fraction of sp³-hybridized carbons (Fsp3) is 0.308. The first-order chi connectivity index (χ1) is 7.76. The average molecular weight is 236 g/mol. The van der Waals surface area contributed by atoms with Crippen LogP contribution in [0.5, 0.6) is 0 Å². The molecule has 0 saturated heterocycles. The van der Waals surface area contributed by atoms with Crippen LogP contribution in [0.15, 0.2) is 35.2 Å². The maximum Gasteiger partial charge on any atom is 0.330 e. The summed E-state index contributed by atoms with van der Waals surface area (Å²) in [6.45, 7) is 4.32. The van der Waals surface area contributed by atoms with E-state index in [1.54, 1.807) is 24.8 Å². The van der Waals surface area contributed by atoms with Crippen molar-refractivity contribution in [2.75, 3.05) is 12.4 Å². The van der Waals surface area contributed by atoms with Crippen LogP contribution in [0, 0.1) is 0 Å². The SMILES string of the molecule is CCOC(=O)C=Cc1cccc(SCC)c1. The second kappa shape index (κ2) is 7.12. The summed E-state index contributed by atoms with van der Waals surface area (Å²) < 4.78 is 4.81. The highest BCUT2D eigenvalue weighted by molar-refractivity contribution is 7.99. The Morgan fingerprint density at radius 1 is 1.44 bits per heavy atom. The number of hydrogen-bond acceptors (Lipinski definition) is 3. The van der Waals surface area contributed by atoms with Crippen LogP contribution in [0.4, 0.5) is 0 Å². The Kier molecular flexibility index (Phi) is 5.72. The summed E-state index contributed by atoms with van der Waals surface area (Å²) in [5.41, 5.74) is 1.02. The van der Waals surface area contributed by atoms with Crippen molar-refractivity contribution in [3.8, 4) is 0 Å². The van der Waals surface area contributed by atoms with Crippen molar-refractivity contribution in [3.63, 3.8) is 0 Å². The summed E-state index contributed by atoms with van der Waals surface area (Å²) in [7, 11) is 0. The van der Waals surface area contributed by atoms with Crippen molar-refractivity contribution in [2.45, 2.75) is 18.7 Å². The van der Waals surface area contributed by atoms with E-state index in [1.807, 2.05) is 12.1 Å². The summed E-state index contributed by atoms with van der Waals surface area (Å²) in [5, 5.41) is 0. The predicted molar refractivity (Wildman–Crippen MR) is 68.5 cm³/mol. The van der Waals surface area contributed by atoms with E-state index in [0.29, 0.717) is 6.61 Å². The van der Waals surface area contributed by atoms with Crippen LogP contribution in [-0.2, 0) is 9.53 Å². The first-order valence-corrected chi connectivity index (χ1v) is 6.32. The first-order valence-electron chi connectivity index (χ1n) is 5.34. The standard InChI is InChI=1S/C13H16O2S/c1-3-15-13(14)9-8-11-6-5-7-12(10-11)16-4-2/h5-10H,3-4H2,1-2H3. The molecule has 1 aromatic rings. The number of carbonyl (C=O) groups excluding carboxylic acids is 1. The van der Waals surface area contributed by atoms with Gasteiger partial charge in [-0.1, -0.05) is 19.1 Å². The lowest BCUT2D eigenvalue weighted by Gasteiger charge is -1.99. The van der Waals surface area contributed by atoms with E-state index in [0.717, 1.165) is 11.3 Å². The molecule has 0 amide bonds. The minimum absolute atomic E-state index is 0.295. The third-order valence-electron chi connectivity index (χ3n) is 1.87. The Morgan fingerprint density at radius 3 is 2.94 bits per heavy atom. The van der Waals surface area contributed by atoms with Crippen LogP contribution in [0.2, 0.25) is 0 Å². The zero-order valence-corrected chi connectivity index (χ0v) is 10.4. The second-order valence-electron chi connectivity index (χ2n) is 3.09. The largest absolute Gasteiger partial charge is 0.463 e. The molecule has 0 fully saturated rings. The topological polar surface area (TPSA) is 26.3 Å². The van der Waals surface area contributed by atoms with Gasteiger partial charge in [-0.25, -0.2) is 4.79 Å². The fourth-order valence-corrected chi connectivity index (χ4v) is 1.96. The molecule has 0 unspecified atom stereocenters. The number of benzene rings is 1. The van der Waals surface area contributed by atoms with Gasteiger partial charge in [0.2, 0.25) is 0 Å². The lowest BCUT2D eigenvalue weighted by Crippen LogP contribution is -1.98. The van der Waals surface area contributed by atoms with Gasteiger partial charge in [0.25, 0.3) is 0 Å². The van der Waals surface area contributed by atoms with Gasteiger partial charge in [0.15, 0.2) is 0 Å². The van der Waals surface area contributed by atoms with Crippen molar-refractivity contribution >= 4 is 23.8 Å². The average Bonchev–Trinajstić information content (AvgIpc) is 2.28. The molecule has 0 aliphatic heterocycles. The minimum atomic E-state index is -0.295. The van der Waals surface area contributed by atoms with E-state index in [2.05, 4.69) is 19.1 Å². The Labute approximate surface area is 101 Å². The van der Waals surface area contributed by atoms with Gasteiger partial charge in [-0.3, -0.25) is 0 Å². The van der Waals surface area contributed by atoms with Crippen molar-refractivity contribution in [1.29, 1.82) is 0 Å². The number of hydrogen-bond donors (Lipinski definition) is 0. The van der Waals surface area contributed by atoms with E-state index in [1.165, 1.54) is 11.0 Å². The Bertz CT molecular complexity index is 372. The van der Waals surface area contributed by atoms with E-state index in [9.17, 15) is 4.79 Å². The lowest BCUT2D eigenvalue weighted by molar-refractivity contribution is -0.137. The van der Waals surface area contributed by atoms with Crippen molar-refractivity contribution < 1.29 is 9.53 Å². The number of rotatable bonds is 5. The fourth-order valence-electron chi connectivity index (χ4n) is 1.23. The normalized spacial score (nSPS) is 10.6. The molecule has 0 bridgehead atoms. The predicted octanol–water partition coefficient (Wildman–Crippen LogP) is 3.37. The van der Waals surface area contributed by atoms with Crippen molar-refractivity contribution in [2.24, 2.45) is 0 Å². The molecule has 0 heterocycles. The molecule has 0 aliphatic rings. The molecule has 0 aliphatic carbocycles. The third-order valence-corrected chi connectivity index (χ3v) is 2.74. The second-order valence-corrected chi connectivity index (χ2v) is 4.43. The van der Waals surface area contributed by atoms with Crippen LogP contribution < -0.4 is 0 Å². The highest BCUT2D eigenvalue weighted by Gasteiger charge is 1.95. The maximum atomic E-state index is 11.1. The summed E-state index contributed by atoms with van der Waals surface area (Å²) in [4.78, 5) is 12.3. The van der Waals surface area contributed by atoms with Gasteiger partial charge in [0, 0.05) is 11.0 Å². The monoisotopic (exact) mass is 236 g/mol. The molecule has 0 saturated carbocycles. The first kappa shape index (κ1) is 12.8. The van der Waals surface area contributed by atoms with Crippen LogP contribution in [0.1, 0.15) is 19.4 Å². The smallest absolute Gasteiger partial charge is 0.330 e. The Hall–Kier alpha value is -1.22. The lowest BCUT2D eigenvalue weighted by atomic mass is 10.2. The molecule has 0 spiro atoms. The number of carbonyl (C=O) groups is 1. The van der Waals surface area contributed by atoms with Gasteiger partial charge in [-0.2, -0.15) is 0 Å². The molecule has 0 N–H and O–H groups in total. The molecule has 0 radical (unpaired) electrons. The van der Waals surface area contributed by atoms with Crippen LogP contribution >= 0.6 is 11.8 Å². The molecule has 86 valence electrons. The van der Waals surface area contributed by atoms with E-state index in [4.69, 9.17) is 4.74 Å². The molecular formula is C13H16O2S. The Balaban J connectivity index is 2.66. The number of esters is 1. The third kappa shape index (κ3) is 4.53. The molecular weight excluding hydrogens is 220 g/mol. The molecule has 1 aromatic carbocycles. The van der Waals surface area contributed by atoms with Gasteiger partial charge in [0.1, 0.15) is 0 Å². The summed E-state index contributed by atoms with van der Waals surface area (Å²) >= 11 is 1.78. The van der Waals surface area contributed by atoms with Crippen molar-refractivity contribution in [1.82, 2.24) is 0 Å². The van der Waals surface area contributed by atoms with Gasteiger partial charge in [-0.05, 0) is 36.4 Å². The quantitative estimate of drug-likeness (QED) is 0.445. The highest BCUT2D eigenvalue weighted by Crippen LogP contribution is 2.19. The summed E-state index contributed by atoms with van der Waals surface area (Å²) in [5.74, 6) is 0.751. The maximum absolute atomic E-state index is 11.1. The van der Waals surface area contributed by atoms with Crippen LogP contribution in [0.3, 0.4) is 0 Å². The molecule has 3 heteroatoms. The van der Waals surface area contributed by atoms with E-state index >= 15 is 0 Å². The van der Waals surface area contributed by atoms with E-state index in [-0.39, 0.29) is 5.97 Å². The van der Waals surface area contributed by atoms with Gasteiger partial charge in [0.05, 0.1) is 6.61 Å². The molecule has 1 rings (SSSR count).